The molecule has 0 aliphatic rings. The van der Waals surface area contributed by atoms with Crippen molar-refractivity contribution in [3.63, 3.8) is 0 Å². The monoisotopic (exact) mass is 356 g/mol. The quantitative estimate of drug-likeness (QED) is 0.580. The average Bonchev–Trinajstić information content (AvgIpc) is 2.93. The maximum Gasteiger partial charge on any atom is 0.416 e. The molecule has 0 atom stereocenters. The molecule has 1 N–H and O–H groups in total. The van der Waals surface area contributed by atoms with Gasteiger partial charge in [-0.05, 0) is 42.0 Å². The molecule has 8 heteroatoms. The first kappa shape index (κ1) is 17.1. The summed E-state index contributed by atoms with van der Waals surface area (Å²) < 4.78 is 75.5. The summed E-state index contributed by atoms with van der Waals surface area (Å²) in [5.41, 5.74) is -0.457. The molecule has 2 aromatic carbocycles. The molecule has 25 heavy (non-hydrogen) atoms. The van der Waals surface area contributed by atoms with Crippen LogP contribution in [-0.4, -0.2) is 9.97 Å². The van der Waals surface area contributed by atoms with E-state index in [1.165, 1.54) is 30.4 Å². The van der Waals surface area contributed by atoms with Gasteiger partial charge in [-0.25, -0.2) is 4.98 Å². The number of aromatic amines is 1. The van der Waals surface area contributed by atoms with Crippen LogP contribution in [0.4, 0.5) is 26.3 Å². The molecular weight excluding hydrogens is 346 g/mol. The molecule has 0 bridgehead atoms. The highest BCUT2D eigenvalue weighted by molar-refractivity contribution is 5.79. The van der Waals surface area contributed by atoms with E-state index in [9.17, 15) is 26.3 Å². The average molecular weight is 356 g/mol. The van der Waals surface area contributed by atoms with E-state index in [-0.39, 0.29) is 5.52 Å². The zero-order valence-electron chi connectivity index (χ0n) is 12.4. The Morgan fingerprint density at radius 2 is 1.36 bits per heavy atom. The van der Waals surface area contributed by atoms with Crippen LogP contribution in [0.2, 0.25) is 0 Å². The Morgan fingerprint density at radius 1 is 0.760 bits per heavy atom. The van der Waals surface area contributed by atoms with Crippen molar-refractivity contribution in [2.24, 2.45) is 0 Å². The molecule has 0 saturated carbocycles. The van der Waals surface area contributed by atoms with Crippen LogP contribution in [0, 0.1) is 0 Å². The van der Waals surface area contributed by atoms with Crippen LogP contribution >= 0.6 is 0 Å². The first-order chi connectivity index (χ1) is 11.6. The van der Waals surface area contributed by atoms with E-state index < -0.39 is 23.5 Å². The summed E-state index contributed by atoms with van der Waals surface area (Å²) in [5, 5.41) is 0. The minimum atomic E-state index is -4.45. The Kier molecular flexibility index (Phi) is 4.06. The molecule has 130 valence electrons. The Bertz CT molecular complexity index is 917. The molecule has 1 heterocycles. The molecule has 0 aliphatic carbocycles. The summed E-state index contributed by atoms with van der Waals surface area (Å²) in [4.78, 5) is 6.85. The number of alkyl halides is 6. The van der Waals surface area contributed by atoms with E-state index in [1.54, 1.807) is 0 Å². The lowest BCUT2D eigenvalue weighted by molar-refractivity contribution is -0.138. The highest BCUT2D eigenvalue weighted by Gasteiger charge is 2.31. The zero-order chi connectivity index (χ0) is 18.2. The fourth-order valence-corrected chi connectivity index (χ4v) is 2.24. The van der Waals surface area contributed by atoms with Crippen molar-refractivity contribution in [3.05, 3.63) is 65.0 Å². The molecule has 0 amide bonds. The summed E-state index contributed by atoms with van der Waals surface area (Å²) in [6, 6.07) is 7.64. The number of halogens is 6. The van der Waals surface area contributed by atoms with Gasteiger partial charge in [0.05, 0.1) is 22.2 Å². The number of hydrogen-bond acceptors (Lipinski definition) is 1. The Hall–Kier alpha value is -2.77. The number of imidazole rings is 1. The van der Waals surface area contributed by atoms with Gasteiger partial charge in [-0.15, -0.1) is 0 Å². The molecule has 0 spiro atoms. The third-order valence-electron chi connectivity index (χ3n) is 3.50. The van der Waals surface area contributed by atoms with Crippen LogP contribution in [0.15, 0.2) is 42.5 Å². The number of aromatic nitrogens is 2. The highest BCUT2D eigenvalue weighted by atomic mass is 19.4. The smallest absolute Gasteiger partial charge is 0.338 e. The predicted octanol–water partition coefficient (Wildman–Crippen LogP) is 5.77. The lowest BCUT2D eigenvalue weighted by atomic mass is 10.1. The van der Waals surface area contributed by atoms with Crippen molar-refractivity contribution < 1.29 is 26.3 Å². The first-order valence-corrected chi connectivity index (χ1v) is 7.05. The first-order valence-electron chi connectivity index (χ1n) is 7.05. The molecule has 1 aromatic heterocycles. The van der Waals surface area contributed by atoms with Crippen LogP contribution in [-0.2, 0) is 12.4 Å². The van der Waals surface area contributed by atoms with Gasteiger partial charge in [-0.2, -0.15) is 26.3 Å². The van der Waals surface area contributed by atoms with Gasteiger partial charge in [-0.1, -0.05) is 18.2 Å². The fraction of sp³-hybridized carbons (Fsp3) is 0.118. The molecule has 0 unspecified atom stereocenters. The molecule has 3 rings (SSSR count). The molecule has 2 nitrogen and oxygen atoms in total. The maximum absolute atomic E-state index is 12.7. The standard InChI is InChI=1S/C17H10F6N2/c18-16(19,20)11-4-1-10(2-5-11)3-8-15-24-13-7-6-12(17(21,22)23)9-14(13)25-15/h1-9H,(H,24,25). The predicted molar refractivity (Wildman–Crippen MR) is 81.5 cm³/mol. The minimum Gasteiger partial charge on any atom is -0.338 e. The maximum atomic E-state index is 12.7. The number of hydrogen-bond donors (Lipinski definition) is 1. The van der Waals surface area contributed by atoms with E-state index in [0.29, 0.717) is 16.9 Å². The minimum absolute atomic E-state index is 0.224. The van der Waals surface area contributed by atoms with E-state index in [2.05, 4.69) is 9.97 Å². The lowest BCUT2D eigenvalue weighted by Gasteiger charge is -2.05. The second-order valence-corrected chi connectivity index (χ2v) is 5.30. The Morgan fingerprint density at radius 3 is 1.96 bits per heavy atom. The summed E-state index contributed by atoms with van der Waals surface area (Å²) in [7, 11) is 0. The zero-order valence-corrected chi connectivity index (χ0v) is 12.4. The molecule has 0 saturated heterocycles. The Labute approximate surface area is 137 Å². The second-order valence-electron chi connectivity index (χ2n) is 5.30. The normalized spacial score (nSPS) is 13.0. The van der Waals surface area contributed by atoms with Gasteiger partial charge in [0.15, 0.2) is 0 Å². The number of rotatable bonds is 2. The SMILES string of the molecule is FC(F)(F)c1ccc(C=Cc2nc3ccc(C(F)(F)F)cc3[nH]2)cc1. The summed E-state index contributed by atoms with van der Waals surface area (Å²) in [6.45, 7) is 0. The van der Waals surface area contributed by atoms with Crippen LogP contribution < -0.4 is 0 Å². The molecule has 0 fully saturated rings. The van der Waals surface area contributed by atoms with Gasteiger partial charge >= 0.3 is 12.4 Å². The molecule has 0 radical (unpaired) electrons. The van der Waals surface area contributed by atoms with Crippen LogP contribution in [0.25, 0.3) is 23.2 Å². The number of benzene rings is 2. The van der Waals surface area contributed by atoms with E-state index in [0.717, 1.165) is 24.3 Å². The van der Waals surface area contributed by atoms with Crippen molar-refractivity contribution >= 4 is 23.2 Å². The van der Waals surface area contributed by atoms with Crippen molar-refractivity contribution in [1.82, 2.24) is 9.97 Å². The largest absolute Gasteiger partial charge is 0.416 e. The van der Waals surface area contributed by atoms with Crippen LogP contribution in [0.1, 0.15) is 22.5 Å². The third-order valence-corrected chi connectivity index (χ3v) is 3.50. The third kappa shape index (κ3) is 3.84. The van der Waals surface area contributed by atoms with Gasteiger partial charge in [0.2, 0.25) is 0 Å². The van der Waals surface area contributed by atoms with Gasteiger partial charge < -0.3 is 4.98 Å². The summed E-state index contributed by atoms with van der Waals surface area (Å²) >= 11 is 0. The second kappa shape index (κ2) is 5.94. The van der Waals surface area contributed by atoms with Crippen molar-refractivity contribution in [3.8, 4) is 0 Å². The molecular formula is C17H10F6N2. The van der Waals surface area contributed by atoms with Gasteiger partial charge in [0, 0.05) is 0 Å². The van der Waals surface area contributed by atoms with Crippen LogP contribution in [0.5, 0.6) is 0 Å². The number of fused-ring (bicyclic) bond motifs is 1. The molecule has 0 aliphatic heterocycles. The number of nitrogens with one attached hydrogen (secondary N) is 1. The van der Waals surface area contributed by atoms with Gasteiger partial charge in [-0.3, -0.25) is 0 Å². The topological polar surface area (TPSA) is 28.7 Å². The van der Waals surface area contributed by atoms with Crippen molar-refractivity contribution in [1.29, 1.82) is 0 Å². The van der Waals surface area contributed by atoms with Crippen molar-refractivity contribution in [2.45, 2.75) is 12.4 Å². The van der Waals surface area contributed by atoms with E-state index in [1.807, 2.05) is 0 Å². The Balaban J connectivity index is 1.84. The van der Waals surface area contributed by atoms with Gasteiger partial charge in [0.1, 0.15) is 5.82 Å². The molecule has 3 aromatic rings. The summed E-state index contributed by atoms with van der Waals surface area (Å²) in [6.07, 6.45) is -5.86. The number of nitrogens with zero attached hydrogens (tertiary/aromatic N) is 1. The highest BCUT2D eigenvalue weighted by Crippen LogP contribution is 2.31. The number of H-pyrrole nitrogens is 1. The fourth-order valence-electron chi connectivity index (χ4n) is 2.24. The van der Waals surface area contributed by atoms with E-state index in [4.69, 9.17) is 0 Å². The van der Waals surface area contributed by atoms with Crippen LogP contribution in [0.3, 0.4) is 0 Å². The van der Waals surface area contributed by atoms with Crippen molar-refractivity contribution in [2.75, 3.05) is 0 Å². The lowest BCUT2D eigenvalue weighted by Crippen LogP contribution is -2.04. The summed E-state index contributed by atoms with van der Waals surface area (Å²) in [5.74, 6) is 0.300. The van der Waals surface area contributed by atoms with E-state index >= 15 is 0 Å². The van der Waals surface area contributed by atoms with Gasteiger partial charge in [0.25, 0.3) is 0 Å².